The van der Waals surface area contributed by atoms with E-state index < -0.39 is 18.0 Å². The number of aliphatic carboxylic acids is 1. The fraction of sp³-hybridized carbons (Fsp3) is 0.300. The molecule has 0 unspecified atom stereocenters. The van der Waals surface area contributed by atoms with Crippen molar-refractivity contribution in [2.75, 3.05) is 25.1 Å². The summed E-state index contributed by atoms with van der Waals surface area (Å²) in [5.41, 5.74) is 0.845. The third-order valence-corrected chi connectivity index (χ3v) is 4.90. The number of nitrogens with one attached hydrogen (secondary N) is 1. The number of carboxylic acid groups (broad SMARTS) is 1. The van der Waals surface area contributed by atoms with E-state index in [1.54, 1.807) is 36.4 Å². The van der Waals surface area contributed by atoms with E-state index in [2.05, 4.69) is 5.32 Å². The molecule has 0 spiro atoms. The molecule has 1 aliphatic heterocycles. The minimum Gasteiger partial charge on any atom is -0.482 e. The van der Waals surface area contributed by atoms with Gasteiger partial charge in [-0.1, -0.05) is 23.7 Å². The van der Waals surface area contributed by atoms with Gasteiger partial charge in [-0.2, -0.15) is 0 Å². The second-order valence-electron chi connectivity index (χ2n) is 6.36. The Morgan fingerprint density at radius 3 is 2.30 bits per heavy atom. The lowest BCUT2D eigenvalue weighted by Gasteiger charge is -2.36. The molecule has 142 valence electrons. The number of hydrogen-bond donors (Lipinski definition) is 2. The summed E-state index contributed by atoms with van der Waals surface area (Å²) in [5.74, 6) is -0.724. The number of carbonyl (C=O) groups excluding carboxylic acids is 1. The number of anilines is 1. The maximum atomic E-state index is 13.2. The molecule has 2 aromatic carbocycles. The minimum atomic E-state index is -1.04. The lowest BCUT2D eigenvalue weighted by Crippen LogP contribution is -2.44. The van der Waals surface area contributed by atoms with Gasteiger partial charge in [0.05, 0.1) is 5.41 Å². The van der Waals surface area contributed by atoms with Crippen molar-refractivity contribution in [3.8, 4) is 5.75 Å². The molecule has 0 radical (unpaired) electrons. The fourth-order valence-corrected chi connectivity index (χ4v) is 3.29. The van der Waals surface area contributed by atoms with Crippen LogP contribution in [0.1, 0.15) is 18.4 Å². The quantitative estimate of drug-likeness (QED) is 0.790. The molecule has 1 fully saturated rings. The minimum absolute atomic E-state index is 0.104. The van der Waals surface area contributed by atoms with Crippen LogP contribution in [-0.4, -0.2) is 36.8 Å². The normalized spacial score (nSPS) is 15.7. The maximum absolute atomic E-state index is 13.2. The molecule has 3 rings (SSSR count). The van der Waals surface area contributed by atoms with Crippen molar-refractivity contribution in [1.29, 1.82) is 0 Å². The Kier molecular flexibility index (Phi) is 5.98. The fourth-order valence-electron chi connectivity index (χ4n) is 3.17. The Morgan fingerprint density at radius 1 is 1.07 bits per heavy atom. The highest BCUT2D eigenvalue weighted by Gasteiger charge is 2.41. The molecule has 6 nitrogen and oxygen atoms in total. The molecule has 27 heavy (non-hydrogen) atoms. The zero-order valence-corrected chi connectivity index (χ0v) is 15.4. The molecule has 0 bridgehead atoms. The molecule has 7 heteroatoms. The zero-order valence-electron chi connectivity index (χ0n) is 14.6. The molecule has 1 amide bonds. The third kappa shape index (κ3) is 4.59. The highest BCUT2D eigenvalue weighted by Crippen LogP contribution is 2.36. The molecule has 0 atom stereocenters. The van der Waals surface area contributed by atoms with Crippen molar-refractivity contribution in [2.24, 2.45) is 0 Å². The first-order valence-electron chi connectivity index (χ1n) is 8.59. The van der Waals surface area contributed by atoms with Gasteiger partial charge in [-0.05, 0) is 54.8 Å². The summed E-state index contributed by atoms with van der Waals surface area (Å²) < 4.78 is 10.6. The van der Waals surface area contributed by atoms with Gasteiger partial charge in [0.2, 0.25) is 5.91 Å². The molecule has 2 aromatic rings. The van der Waals surface area contributed by atoms with E-state index in [4.69, 9.17) is 26.2 Å². The monoisotopic (exact) mass is 389 g/mol. The molecular formula is C20H20ClNO5. The van der Waals surface area contributed by atoms with E-state index in [9.17, 15) is 9.59 Å². The van der Waals surface area contributed by atoms with Crippen LogP contribution in [0.25, 0.3) is 0 Å². The number of ether oxygens (including phenoxy) is 2. The summed E-state index contributed by atoms with van der Waals surface area (Å²) in [6.07, 6.45) is 1.17. The smallest absolute Gasteiger partial charge is 0.341 e. The largest absolute Gasteiger partial charge is 0.482 e. The van der Waals surface area contributed by atoms with E-state index in [1.807, 2.05) is 12.1 Å². The molecule has 1 heterocycles. The lowest BCUT2D eigenvalue weighted by atomic mass is 9.73. The van der Waals surface area contributed by atoms with Crippen molar-refractivity contribution >= 4 is 29.2 Å². The van der Waals surface area contributed by atoms with Crippen LogP contribution in [-0.2, 0) is 19.7 Å². The van der Waals surface area contributed by atoms with Crippen LogP contribution < -0.4 is 10.1 Å². The molecule has 0 saturated carbocycles. The number of carboxylic acids is 1. The van der Waals surface area contributed by atoms with E-state index in [0.717, 1.165) is 5.56 Å². The number of halogens is 1. The van der Waals surface area contributed by atoms with Crippen LogP contribution in [0.15, 0.2) is 48.5 Å². The second kappa shape index (κ2) is 8.41. The van der Waals surface area contributed by atoms with E-state index in [0.29, 0.717) is 42.5 Å². The SMILES string of the molecule is O=C(O)COc1ccc(NC(=O)C2(c3ccc(Cl)cc3)CCOCC2)cc1. The van der Waals surface area contributed by atoms with Gasteiger partial charge in [0.25, 0.3) is 0 Å². The second-order valence-corrected chi connectivity index (χ2v) is 6.80. The van der Waals surface area contributed by atoms with Gasteiger partial charge in [-0.25, -0.2) is 4.79 Å². The average Bonchev–Trinajstić information content (AvgIpc) is 2.68. The number of carbonyl (C=O) groups is 2. The molecule has 2 N–H and O–H groups in total. The van der Waals surface area contributed by atoms with Gasteiger partial charge in [0, 0.05) is 23.9 Å². The third-order valence-electron chi connectivity index (χ3n) is 4.65. The molecule has 1 saturated heterocycles. The molecule has 0 aromatic heterocycles. The number of amides is 1. The van der Waals surface area contributed by atoms with Gasteiger partial charge >= 0.3 is 5.97 Å². The van der Waals surface area contributed by atoms with Crippen molar-refractivity contribution < 1.29 is 24.2 Å². The topological polar surface area (TPSA) is 84.9 Å². The Hall–Kier alpha value is -2.57. The van der Waals surface area contributed by atoms with Crippen LogP contribution in [0.5, 0.6) is 5.75 Å². The van der Waals surface area contributed by atoms with Gasteiger partial charge < -0.3 is 19.9 Å². The van der Waals surface area contributed by atoms with E-state index in [-0.39, 0.29) is 5.91 Å². The van der Waals surface area contributed by atoms with Gasteiger partial charge in [-0.3, -0.25) is 4.79 Å². The number of hydrogen-bond acceptors (Lipinski definition) is 4. The summed E-state index contributed by atoms with van der Waals surface area (Å²) in [6.45, 7) is 0.613. The maximum Gasteiger partial charge on any atom is 0.341 e. The summed E-state index contributed by atoms with van der Waals surface area (Å²) in [7, 11) is 0. The summed E-state index contributed by atoms with van der Waals surface area (Å²) in [5, 5.41) is 12.2. The van der Waals surface area contributed by atoms with Crippen LogP contribution in [0.4, 0.5) is 5.69 Å². The van der Waals surface area contributed by atoms with Gasteiger partial charge in [0.1, 0.15) is 5.75 Å². The zero-order chi connectivity index (χ0) is 19.3. The molecule has 0 aliphatic carbocycles. The van der Waals surface area contributed by atoms with E-state index >= 15 is 0 Å². The Labute approximate surface area is 162 Å². The van der Waals surface area contributed by atoms with E-state index in [1.165, 1.54) is 0 Å². The number of rotatable bonds is 6. The van der Waals surface area contributed by atoms with Crippen molar-refractivity contribution in [3.63, 3.8) is 0 Å². The van der Waals surface area contributed by atoms with Crippen molar-refractivity contribution in [3.05, 3.63) is 59.1 Å². The van der Waals surface area contributed by atoms with Gasteiger partial charge in [0.15, 0.2) is 6.61 Å². The Morgan fingerprint density at radius 2 is 1.70 bits per heavy atom. The van der Waals surface area contributed by atoms with Crippen LogP contribution in [0.3, 0.4) is 0 Å². The summed E-state index contributed by atoms with van der Waals surface area (Å²) in [6, 6.07) is 14.0. The predicted octanol–water partition coefficient (Wildman–Crippen LogP) is 3.49. The Balaban J connectivity index is 1.77. The Bertz CT molecular complexity index is 798. The summed E-state index contributed by atoms with van der Waals surface area (Å²) in [4.78, 5) is 23.7. The van der Waals surface area contributed by atoms with Crippen LogP contribution in [0.2, 0.25) is 5.02 Å². The van der Waals surface area contributed by atoms with Gasteiger partial charge in [-0.15, -0.1) is 0 Å². The first-order chi connectivity index (χ1) is 13.0. The highest BCUT2D eigenvalue weighted by atomic mass is 35.5. The van der Waals surface area contributed by atoms with Crippen LogP contribution >= 0.6 is 11.6 Å². The van der Waals surface area contributed by atoms with Crippen LogP contribution in [0, 0.1) is 0 Å². The summed E-state index contributed by atoms with van der Waals surface area (Å²) >= 11 is 5.99. The standard InChI is InChI=1S/C20H20ClNO5/c21-15-3-1-14(2-4-15)20(9-11-26-12-10-20)19(25)22-16-5-7-17(8-6-16)27-13-18(23)24/h1-8H,9-13H2,(H,22,25)(H,23,24). The predicted molar refractivity (Wildman–Crippen MR) is 101 cm³/mol. The molecule has 1 aliphatic rings. The average molecular weight is 390 g/mol. The van der Waals surface area contributed by atoms with Crippen molar-refractivity contribution in [2.45, 2.75) is 18.3 Å². The lowest BCUT2D eigenvalue weighted by molar-refractivity contribution is -0.139. The number of benzene rings is 2. The highest BCUT2D eigenvalue weighted by molar-refractivity contribution is 6.30. The molecular weight excluding hydrogens is 370 g/mol. The van der Waals surface area contributed by atoms with Crippen molar-refractivity contribution in [1.82, 2.24) is 0 Å². The first kappa shape index (κ1) is 19.2. The first-order valence-corrected chi connectivity index (χ1v) is 8.97.